The Morgan fingerprint density at radius 2 is 2.05 bits per heavy atom. The van der Waals surface area contributed by atoms with Crippen LogP contribution in [0.4, 0.5) is 0 Å². The van der Waals surface area contributed by atoms with Crippen molar-refractivity contribution in [3.63, 3.8) is 0 Å². The third-order valence-electron chi connectivity index (χ3n) is 3.30. The summed E-state index contributed by atoms with van der Waals surface area (Å²) in [4.78, 5) is 4.12. The van der Waals surface area contributed by atoms with E-state index in [1.54, 1.807) is 12.4 Å². The quantitative estimate of drug-likeness (QED) is 0.914. The topological polar surface area (TPSA) is 48.1 Å². The van der Waals surface area contributed by atoms with Gasteiger partial charge in [-0.15, -0.1) is 0 Å². The largest absolute Gasteiger partial charge is 0.484 e. The third kappa shape index (κ3) is 3.12. The molecular weight excluding hydrogens is 236 g/mol. The molecule has 1 aromatic carbocycles. The first-order valence-electron chi connectivity index (χ1n) is 6.46. The Balaban J connectivity index is 2.29. The van der Waals surface area contributed by atoms with Gasteiger partial charge < -0.3 is 10.5 Å². The molecule has 1 aromatic heterocycles. The number of rotatable bonds is 4. The van der Waals surface area contributed by atoms with E-state index in [9.17, 15) is 0 Å². The maximum Gasteiger partial charge on any atom is 0.137 e. The SMILES string of the molecule is Cc1cc(C)c(C)c(OC(CN)c2cccnc2)c1. The highest BCUT2D eigenvalue weighted by atomic mass is 16.5. The Labute approximate surface area is 114 Å². The number of benzene rings is 1. The van der Waals surface area contributed by atoms with Gasteiger partial charge in [-0.3, -0.25) is 4.98 Å². The number of hydrogen-bond acceptors (Lipinski definition) is 3. The molecule has 2 aromatic rings. The number of ether oxygens (including phenoxy) is 1. The molecule has 19 heavy (non-hydrogen) atoms. The van der Waals surface area contributed by atoms with Crippen LogP contribution in [0.1, 0.15) is 28.4 Å². The molecule has 2 rings (SSSR count). The molecule has 1 atom stereocenters. The molecule has 0 amide bonds. The predicted octanol–water partition coefficient (Wildman–Crippen LogP) is 3.09. The van der Waals surface area contributed by atoms with Crippen LogP contribution in [-0.2, 0) is 0 Å². The van der Waals surface area contributed by atoms with Crippen LogP contribution in [0, 0.1) is 20.8 Å². The molecule has 3 nitrogen and oxygen atoms in total. The molecule has 1 heterocycles. The molecule has 0 saturated carbocycles. The Bertz CT molecular complexity index is 552. The van der Waals surface area contributed by atoms with Crippen molar-refractivity contribution in [3.8, 4) is 5.75 Å². The van der Waals surface area contributed by atoms with Crippen LogP contribution in [0.25, 0.3) is 0 Å². The summed E-state index contributed by atoms with van der Waals surface area (Å²) in [6.45, 7) is 6.66. The van der Waals surface area contributed by atoms with Gasteiger partial charge in [0.05, 0.1) is 0 Å². The minimum Gasteiger partial charge on any atom is -0.484 e. The molecule has 0 radical (unpaired) electrons. The summed E-state index contributed by atoms with van der Waals surface area (Å²) in [6.07, 6.45) is 3.39. The normalized spacial score (nSPS) is 12.2. The van der Waals surface area contributed by atoms with Crippen LogP contribution in [0.3, 0.4) is 0 Å². The van der Waals surface area contributed by atoms with E-state index in [0.717, 1.165) is 16.9 Å². The first-order chi connectivity index (χ1) is 9.11. The fourth-order valence-electron chi connectivity index (χ4n) is 2.10. The Morgan fingerprint density at radius 3 is 2.68 bits per heavy atom. The zero-order valence-corrected chi connectivity index (χ0v) is 11.7. The van der Waals surface area contributed by atoms with Gasteiger partial charge in [0.2, 0.25) is 0 Å². The Kier molecular flexibility index (Phi) is 4.17. The summed E-state index contributed by atoms with van der Waals surface area (Å²) in [5.41, 5.74) is 10.4. The number of aromatic nitrogens is 1. The van der Waals surface area contributed by atoms with Gasteiger partial charge in [-0.1, -0.05) is 12.1 Å². The minimum atomic E-state index is -0.159. The molecule has 0 bridgehead atoms. The third-order valence-corrected chi connectivity index (χ3v) is 3.30. The Morgan fingerprint density at radius 1 is 1.26 bits per heavy atom. The highest BCUT2D eigenvalue weighted by molar-refractivity contribution is 5.42. The van der Waals surface area contributed by atoms with Crippen LogP contribution in [0.2, 0.25) is 0 Å². The summed E-state index contributed by atoms with van der Waals surface area (Å²) in [5.74, 6) is 0.900. The van der Waals surface area contributed by atoms with E-state index in [1.165, 1.54) is 11.1 Å². The average molecular weight is 256 g/mol. The van der Waals surface area contributed by atoms with Crippen LogP contribution in [0.15, 0.2) is 36.7 Å². The number of nitrogens with two attached hydrogens (primary N) is 1. The lowest BCUT2D eigenvalue weighted by Crippen LogP contribution is -2.19. The fourth-order valence-corrected chi connectivity index (χ4v) is 2.10. The average Bonchev–Trinajstić information content (AvgIpc) is 2.42. The van der Waals surface area contributed by atoms with E-state index in [0.29, 0.717) is 6.54 Å². The van der Waals surface area contributed by atoms with Crippen molar-refractivity contribution in [3.05, 3.63) is 58.9 Å². The van der Waals surface area contributed by atoms with Crippen LogP contribution in [0.5, 0.6) is 5.75 Å². The second kappa shape index (κ2) is 5.85. The molecule has 0 spiro atoms. The monoisotopic (exact) mass is 256 g/mol. The van der Waals surface area contributed by atoms with Gasteiger partial charge in [0.15, 0.2) is 0 Å². The zero-order chi connectivity index (χ0) is 13.8. The van der Waals surface area contributed by atoms with Gasteiger partial charge in [-0.2, -0.15) is 0 Å². The van der Waals surface area contributed by atoms with E-state index in [2.05, 4.69) is 37.9 Å². The maximum absolute atomic E-state index is 6.08. The van der Waals surface area contributed by atoms with E-state index in [-0.39, 0.29) is 6.10 Å². The minimum absolute atomic E-state index is 0.159. The van der Waals surface area contributed by atoms with Crippen molar-refractivity contribution in [2.24, 2.45) is 5.73 Å². The number of hydrogen-bond donors (Lipinski definition) is 1. The lowest BCUT2D eigenvalue weighted by atomic mass is 10.1. The molecule has 0 aliphatic heterocycles. The second-order valence-electron chi connectivity index (χ2n) is 4.83. The lowest BCUT2D eigenvalue weighted by Gasteiger charge is -2.20. The highest BCUT2D eigenvalue weighted by Crippen LogP contribution is 2.27. The van der Waals surface area contributed by atoms with E-state index < -0.39 is 0 Å². The molecule has 0 saturated heterocycles. The molecule has 0 fully saturated rings. The van der Waals surface area contributed by atoms with Crippen LogP contribution < -0.4 is 10.5 Å². The fraction of sp³-hybridized carbons (Fsp3) is 0.312. The zero-order valence-electron chi connectivity index (χ0n) is 11.7. The van der Waals surface area contributed by atoms with Crippen molar-refractivity contribution >= 4 is 0 Å². The van der Waals surface area contributed by atoms with Crippen molar-refractivity contribution in [2.45, 2.75) is 26.9 Å². The maximum atomic E-state index is 6.08. The lowest BCUT2D eigenvalue weighted by molar-refractivity contribution is 0.212. The van der Waals surface area contributed by atoms with E-state index in [4.69, 9.17) is 10.5 Å². The predicted molar refractivity (Wildman–Crippen MR) is 77.3 cm³/mol. The van der Waals surface area contributed by atoms with Gasteiger partial charge in [0.1, 0.15) is 11.9 Å². The summed E-state index contributed by atoms with van der Waals surface area (Å²) >= 11 is 0. The van der Waals surface area contributed by atoms with Crippen molar-refractivity contribution in [2.75, 3.05) is 6.54 Å². The molecular formula is C16H20N2O. The van der Waals surface area contributed by atoms with E-state index in [1.807, 2.05) is 12.1 Å². The number of nitrogens with zero attached hydrogens (tertiary/aromatic N) is 1. The van der Waals surface area contributed by atoms with Crippen LogP contribution >= 0.6 is 0 Å². The Hall–Kier alpha value is -1.87. The summed E-state index contributed by atoms with van der Waals surface area (Å²) in [5, 5.41) is 0. The molecule has 0 aliphatic carbocycles. The first kappa shape index (κ1) is 13.6. The van der Waals surface area contributed by atoms with Crippen molar-refractivity contribution in [1.29, 1.82) is 0 Å². The highest BCUT2D eigenvalue weighted by Gasteiger charge is 2.14. The van der Waals surface area contributed by atoms with Gasteiger partial charge in [-0.25, -0.2) is 0 Å². The van der Waals surface area contributed by atoms with Crippen LogP contribution in [-0.4, -0.2) is 11.5 Å². The second-order valence-corrected chi connectivity index (χ2v) is 4.83. The smallest absolute Gasteiger partial charge is 0.137 e. The van der Waals surface area contributed by atoms with Crippen molar-refractivity contribution < 1.29 is 4.74 Å². The number of pyridine rings is 1. The van der Waals surface area contributed by atoms with Gasteiger partial charge in [0, 0.05) is 24.5 Å². The van der Waals surface area contributed by atoms with Gasteiger partial charge in [-0.05, 0) is 49.6 Å². The van der Waals surface area contributed by atoms with Gasteiger partial charge >= 0.3 is 0 Å². The first-order valence-corrected chi connectivity index (χ1v) is 6.46. The molecule has 0 aliphatic rings. The standard InChI is InChI=1S/C16H20N2O/c1-11-7-12(2)13(3)15(8-11)19-16(9-17)14-5-4-6-18-10-14/h4-8,10,16H,9,17H2,1-3H3. The summed E-state index contributed by atoms with van der Waals surface area (Å²) in [6, 6.07) is 8.10. The molecule has 1 unspecified atom stereocenters. The van der Waals surface area contributed by atoms with Gasteiger partial charge in [0.25, 0.3) is 0 Å². The summed E-state index contributed by atoms with van der Waals surface area (Å²) < 4.78 is 6.08. The molecule has 100 valence electrons. The van der Waals surface area contributed by atoms with E-state index >= 15 is 0 Å². The number of aryl methyl sites for hydroxylation is 2. The molecule has 3 heteroatoms. The van der Waals surface area contributed by atoms with Crippen molar-refractivity contribution in [1.82, 2.24) is 4.98 Å². The summed E-state index contributed by atoms with van der Waals surface area (Å²) in [7, 11) is 0. The molecule has 2 N–H and O–H groups in total.